The van der Waals surface area contributed by atoms with E-state index in [9.17, 15) is 4.79 Å². The topological polar surface area (TPSA) is 92.3 Å². The molecule has 0 atom stereocenters. The van der Waals surface area contributed by atoms with Crippen LogP contribution in [0.1, 0.15) is 49.6 Å². The van der Waals surface area contributed by atoms with E-state index in [2.05, 4.69) is 21.6 Å². The van der Waals surface area contributed by atoms with Gasteiger partial charge in [0.25, 0.3) is 5.91 Å². The van der Waals surface area contributed by atoms with Gasteiger partial charge in [-0.15, -0.1) is 0 Å². The molecule has 2 aromatic rings. The van der Waals surface area contributed by atoms with Crippen LogP contribution in [-0.4, -0.2) is 45.7 Å². The lowest BCUT2D eigenvalue weighted by molar-refractivity contribution is -0.114. The number of amides is 1. The highest BCUT2D eigenvalue weighted by molar-refractivity contribution is 8.26. The Morgan fingerprint density at radius 3 is 2.65 bits per heavy atom. The van der Waals surface area contributed by atoms with E-state index in [-0.39, 0.29) is 11.4 Å². The second-order valence-corrected chi connectivity index (χ2v) is 9.21. The van der Waals surface area contributed by atoms with Gasteiger partial charge in [-0.05, 0) is 68.3 Å². The van der Waals surface area contributed by atoms with E-state index in [0.29, 0.717) is 16.7 Å². The van der Waals surface area contributed by atoms with Crippen molar-refractivity contribution in [2.75, 3.05) is 14.2 Å². The molecule has 1 amide bonds. The molecular formula is C25H29N5O3S. The minimum Gasteiger partial charge on any atom is -0.497 e. The summed E-state index contributed by atoms with van der Waals surface area (Å²) in [5.74, 6) is 1.05. The van der Waals surface area contributed by atoms with Crippen molar-refractivity contribution in [2.24, 2.45) is 10.1 Å². The predicted octanol–water partition coefficient (Wildman–Crippen LogP) is 5.31. The van der Waals surface area contributed by atoms with Crippen LogP contribution < -0.4 is 9.47 Å². The molecule has 1 N–H and O–H groups in total. The monoisotopic (exact) mass is 479 g/mol. The number of nitrogens with one attached hydrogen (secondary N) is 1. The largest absolute Gasteiger partial charge is 0.497 e. The van der Waals surface area contributed by atoms with Crippen molar-refractivity contribution in [1.29, 1.82) is 5.41 Å². The Morgan fingerprint density at radius 2 is 1.94 bits per heavy atom. The number of hydrazone groups is 1. The molecule has 2 aliphatic rings. The first-order valence-electron chi connectivity index (χ1n) is 11.3. The van der Waals surface area contributed by atoms with Gasteiger partial charge in [0.15, 0.2) is 5.84 Å². The Kier molecular flexibility index (Phi) is 6.92. The molecule has 2 aliphatic heterocycles. The number of carbonyl (C=O) groups is 1. The number of rotatable bonds is 8. The Morgan fingerprint density at radius 1 is 1.15 bits per heavy atom. The van der Waals surface area contributed by atoms with E-state index in [1.807, 2.05) is 38.1 Å². The second kappa shape index (κ2) is 9.89. The molecule has 0 fully saturated rings. The van der Waals surface area contributed by atoms with E-state index in [1.165, 1.54) is 16.8 Å². The fourth-order valence-corrected chi connectivity index (χ4v) is 5.02. The number of amidine groups is 2. The lowest BCUT2D eigenvalue weighted by Gasteiger charge is -2.20. The molecule has 34 heavy (non-hydrogen) atoms. The molecule has 0 unspecified atom stereocenters. The van der Waals surface area contributed by atoms with Crippen molar-refractivity contribution in [1.82, 2.24) is 9.58 Å². The summed E-state index contributed by atoms with van der Waals surface area (Å²) in [7, 11) is 3.26. The van der Waals surface area contributed by atoms with Crippen molar-refractivity contribution in [3.05, 3.63) is 46.8 Å². The van der Waals surface area contributed by atoms with Gasteiger partial charge in [0.1, 0.15) is 16.5 Å². The van der Waals surface area contributed by atoms with Crippen LogP contribution in [0, 0.1) is 19.3 Å². The summed E-state index contributed by atoms with van der Waals surface area (Å²) < 4.78 is 13.0. The number of methoxy groups -OCH3 is 2. The number of fused-ring (bicyclic) bond motifs is 1. The van der Waals surface area contributed by atoms with E-state index < -0.39 is 5.91 Å². The van der Waals surface area contributed by atoms with Crippen LogP contribution in [0.15, 0.2) is 39.9 Å². The first-order chi connectivity index (χ1) is 16.4. The number of ether oxygens (including phenoxy) is 2. The van der Waals surface area contributed by atoms with Gasteiger partial charge in [-0.25, -0.2) is 0 Å². The van der Waals surface area contributed by atoms with Gasteiger partial charge in [-0.1, -0.05) is 19.8 Å². The molecule has 3 heterocycles. The smallest absolute Gasteiger partial charge is 0.283 e. The van der Waals surface area contributed by atoms with Gasteiger partial charge in [-0.2, -0.15) is 15.1 Å². The summed E-state index contributed by atoms with van der Waals surface area (Å²) in [5, 5.41) is 16.0. The highest BCUT2D eigenvalue weighted by Gasteiger charge is 2.35. The number of nitrogens with zero attached hydrogens (tertiary/aromatic N) is 4. The van der Waals surface area contributed by atoms with Crippen molar-refractivity contribution in [3.63, 3.8) is 0 Å². The molecule has 1 aromatic carbocycles. The van der Waals surface area contributed by atoms with Crippen molar-refractivity contribution in [2.45, 2.75) is 46.5 Å². The number of unbranched alkanes of at least 4 members (excludes halogenated alkanes) is 2. The van der Waals surface area contributed by atoms with Crippen LogP contribution in [0.2, 0.25) is 0 Å². The van der Waals surface area contributed by atoms with Crippen LogP contribution in [0.5, 0.6) is 11.5 Å². The number of aromatic nitrogens is 1. The molecule has 178 valence electrons. The van der Waals surface area contributed by atoms with Gasteiger partial charge in [0, 0.05) is 17.5 Å². The quantitative estimate of drug-likeness (QED) is 0.409. The molecule has 0 saturated heterocycles. The summed E-state index contributed by atoms with van der Waals surface area (Å²) in [6.45, 7) is 6.12. The summed E-state index contributed by atoms with van der Waals surface area (Å²) in [5.41, 5.74) is 3.76. The van der Waals surface area contributed by atoms with Crippen LogP contribution in [-0.2, 0) is 4.79 Å². The number of aryl methyl sites for hydroxylation is 1. The highest BCUT2D eigenvalue weighted by atomic mass is 32.2. The second-order valence-electron chi connectivity index (χ2n) is 8.17. The molecule has 0 spiro atoms. The van der Waals surface area contributed by atoms with Crippen molar-refractivity contribution < 1.29 is 14.3 Å². The van der Waals surface area contributed by atoms with Gasteiger partial charge in [0.05, 0.1) is 25.5 Å². The molecule has 9 heteroatoms. The number of hydrogen-bond donors (Lipinski definition) is 1. The third kappa shape index (κ3) is 4.40. The summed E-state index contributed by atoms with van der Waals surface area (Å²) >= 11 is 1.38. The molecular weight excluding hydrogens is 450 g/mol. The minimum absolute atomic E-state index is 0.0526. The lowest BCUT2D eigenvalue weighted by atomic mass is 10.1. The predicted molar refractivity (Wildman–Crippen MR) is 137 cm³/mol. The van der Waals surface area contributed by atoms with Crippen LogP contribution in [0.4, 0.5) is 0 Å². The number of thioether (sulfide) groups is 1. The van der Waals surface area contributed by atoms with Gasteiger partial charge >= 0.3 is 0 Å². The van der Waals surface area contributed by atoms with Gasteiger partial charge in [0.2, 0.25) is 5.17 Å². The number of hydrogen-bond acceptors (Lipinski definition) is 6. The third-order valence-corrected chi connectivity index (χ3v) is 6.86. The minimum atomic E-state index is -0.419. The van der Waals surface area contributed by atoms with Crippen LogP contribution in [0.3, 0.4) is 0 Å². The molecule has 1 aromatic heterocycles. The zero-order valence-corrected chi connectivity index (χ0v) is 21.0. The third-order valence-electron chi connectivity index (χ3n) is 5.89. The van der Waals surface area contributed by atoms with Crippen molar-refractivity contribution in [3.8, 4) is 17.2 Å². The van der Waals surface area contributed by atoms with Crippen LogP contribution >= 0.6 is 11.8 Å². The standard InChI is InChI=1S/C25H29N5O3S/c1-6-7-8-9-22-28-30-23(26)19(24(31)27-25(30)34-22)13-17-12-15(2)29(16(17)3)20-14-18(32-4)10-11-21(20)33-5/h10-14,26H,6-9H2,1-5H3. The van der Waals surface area contributed by atoms with Crippen molar-refractivity contribution >= 4 is 39.8 Å². The first-order valence-corrected chi connectivity index (χ1v) is 12.1. The van der Waals surface area contributed by atoms with E-state index in [0.717, 1.165) is 53.4 Å². The molecule has 0 saturated carbocycles. The average Bonchev–Trinajstić information content (AvgIpc) is 3.35. The molecule has 0 aliphatic carbocycles. The lowest BCUT2D eigenvalue weighted by Crippen LogP contribution is -2.35. The van der Waals surface area contributed by atoms with Gasteiger partial charge < -0.3 is 14.0 Å². The summed E-state index contributed by atoms with van der Waals surface area (Å²) in [6.07, 6.45) is 5.85. The fraction of sp³-hybridized carbons (Fsp3) is 0.360. The molecule has 0 radical (unpaired) electrons. The summed E-state index contributed by atoms with van der Waals surface area (Å²) in [6, 6.07) is 7.61. The SMILES string of the molecule is CCCCCC1=NN2C(=N)C(=Cc3cc(C)n(-c4cc(OC)ccc4OC)c3C)C(=O)N=C2S1. The van der Waals surface area contributed by atoms with Crippen LogP contribution in [0.25, 0.3) is 11.8 Å². The van der Waals surface area contributed by atoms with E-state index in [1.54, 1.807) is 20.3 Å². The Hall–Kier alpha value is -3.33. The zero-order valence-electron chi connectivity index (χ0n) is 20.1. The Bertz CT molecular complexity index is 1240. The number of aliphatic imine (C=N–C) groups is 1. The fourth-order valence-electron chi connectivity index (χ4n) is 4.09. The van der Waals surface area contributed by atoms with Gasteiger partial charge in [-0.3, -0.25) is 10.2 Å². The Labute approximate surface area is 203 Å². The maximum Gasteiger partial charge on any atom is 0.283 e. The summed E-state index contributed by atoms with van der Waals surface area (Å²) in [4.78, 5) is 17.1. The van der Waals surface area contributed by atoms with E-state index >= 15 is 0 Å². The molecule has 0 bridgehead atoms. The maximum atomic E-state index is 12.8. The number of benzene rings is 1. The molecule has 8 nitrogen and oxygen atoms in total. The molecule has 4 rings (SSSR count). The Balaban J connectivity index is 1.69. The zero-order chi connectivity index (χ0) is 24.4. The highest BCUT2D eigenvalue weighted by Crippen LogP contribution is 2.34. The maximum absolute atomic E-state index is 12.8. The number of carbonyl (C=O) groups excluding carboxylic acids is 1. The first kappa shape index (κ1) is 23.8. The average molecular weight is 480 g/mol. The van der Waals surface area contributed by atoms with E-state index in [4.69, 9.17) is 14.9 Å². The normalized spacial score (nSPS) is 16.6.